The van der Waals surface area contributed by atoms with Gasteiger partial charge in [-0.1, -0.05) is 103 Å². The van der Waals surface area contributed by atoms with Gasteiger partial charge in [0.15, 0.2) is 0 Å². The van der Waals surface area contributed by atoms with Crippen molar-refractivity contribution in [1.29, 1.82) is 5.26 Å². The van der Waals surface area contributed by atoms with Crippen LogP contribution in [0.1, 0.15) is 5.56 Å². The zero-order valence-corrected chi connectivity index (χ0v) is 26.3. The third kappa shape index (κ3) is 4.35. The van der Waals surface area contributed by atoms with Crippen molar-refractivity contribution in [3.8, 4) is 50.6 Å². The van der Waals surface area contributed by atoms with Crippen molar-refractivity contribution in [3.63, 3.8) is 0 Å². The van der Waals surface area contributed by atoms with Crippen LogP contribution in [0, 0.1) is 11.3 Å². The monoisotopic (exact) mass is 619 g/mol. The molecule has 0 atom stereocenters. The summed E-state index contributed by atoms with van der Waals surface area (Å²) in [4.78, 5) is 0. The molecule has 0 aliphatic heterocycles. The minimum absolute atomic E-state index is 0.688. The molecule has 0 amide bonds. The van der Waals surface area contributed by atoms with Crippen LogP contribution in [0.25, 0.3) is 84.9 Å². The summed E-state index contributed by atoms with van der Waals surface area (Å²) >= 11 is 3.65. The molecule has 46 heavy (non-hydrogen) atoms. The van der Waals surface area contributed by atoms with E-state index in [0.717, 1.165) is 44.5 Å². The van der Waals surface area contributed by atoms with Crippen molar-refractivity contribution >= 4 is 63.0 Å². The Balaban J connectivity index is 1.34. The highest BCUT2D eigenvalue weighted by atomic mass is 32.1. The predicted octanol–water partition coefficient (Wildman–Crippen LogP) is 13.0. The van der Waals surface area contributed by atoms with Crippen molar-refractivity contribution in [2.75, 3.05) is 0 Å². The second-order valence-electron chi connectivity index (χ2n) is 11.6. The Bertz CT molecular complexity index is 2650. The van der Waals surface area contributed by atoms with E-state index in [4.69, 9.17) is 0 Å². The second-order valence-corrected chi connectivity index (χ2v) is 13.8. The van der Waals surface area contributed by atoms with Crippen LogP contribution in [0.2, 0.25) is 0 Å². The zero-order valence-electron chi connectivity index (χ0n) is 24.7. The Morgan fingerprint density at radius 1 is 0.348 bits per heavy atom. The van der Waals surface area contributed by atoms with Crippen molar-refractivity contribution in [1.82, 2.24) is 0 Å². The van der Waals surface area contributed by atoms with Crippen molar-refractivity contribution in [2.45, 2.75) is 0 Å². The average molecular weight is 620 g/mol. The molecule has 7 aromatic carbocycles. The van der Waals surface area contributed by atoms with E-state index in [0.29, 0.717) is 5.56 Å². The van der Waals surface area contributed by atoms with Gasteiger partial charge in [-0.05, 0) is 81.9 Å². The van der Waals surface area contributed by atoms with Gasteiger partial charge in [0, 0.05) is 51.5 Å². The molecule has 3 heteroatoms. The van der Waals surface area contributed by atoms with Crippen LogP contribution in [0.4, 0.5) is 0 Å². The number of hydrogen-bond acceptors (Lipinski definition) is 3. The fourth-order valence-corrected chi connectivity index (χ4v) is 8.93. The van der Waals surface area contributed by atoms with E-state index in [9.17, 15) is 5.26 Å². The first-order chi connectivity index (χ1) is 22.7. The quantitative estimate of drug-likeness (QED) is 0.192. The summed E-state index contributed by atoms with van der Waals surface area (Å²) in [5.74, 6) is 0. The molecule has 1 nitrogen and oxygen atoms in total. The maximum absolute atomic E-state index is 10.9. The number of rotatable bonds is 4. The first-order valence-electron chi connectivity index (χ1n) is 15.3. The highest BCUT2D eigenvalue weighted by Crippen LogP contribution is 2.44. The summed E-state index contributed by atoms with van der Waals surface area (Å²) in [6.07, 6.45) is 0. The van der Waals surface area contributed by atoms with Gasteiger partial charge in [-0.3, -0.25) is 0 Å². The van der Waals surface area contributed by atoms with Crippen LogP contribution < -0.4 is 0 Å². The molecule has 0 aliphatic rings. The van der Waals surface area contributed by atoms with Gasteiger partial charge in [0.05, 0.1) is 5.56 Å². The molecule has 0 radical (unpaired) electrons. The fraction of sp³-hybridized carbons (Fsp3) is 0. The molecule has 0 saturated heterocycles. The highest BCUT2D eigenvalue weighted by molar-refractivity contribution is 7.26. The Kier molecular flexibility index (Phi) is 6.31. The summed E-state index contributed by atoms with van der Waals surface area (Å²) < 4.78 is 5.11. The molecule has 0 bridgehead atoms. The van der Waals surface area contributed by atoms with Crippen molar-refractivity contribution < 1.29 is 0 Å². The number of benzene rings is 7. The van der Waals surface area contributed by atoms with E-state index in [1.54, 1.807) is 0 Å². The number of nitriles is 1. The van der Waals surface area contributed by atoms with Gasteiger partial charge in [-0.25, -0.2) is 0 Å². The summed E-state index contributed by atoms with van der Waals surface area (Å²) in [7, 11) is 0. The lowest BCUT2D eigenvalue weighted by Crippen LogP contribution is -1.94. The van der Waals surface area contributed by atoms with E-state index < -0.39 is 0 Å². The van der Waals surface area contributed by atoms with Gasteiger partial charge in [-0.2, -0.15) is 5.26 Å². The minimum Gasteiger partial charge on any atom is -0.192 e. The smallest absolute Gasteiger partial charge is 0.100 e. The zero-order chi connectivity index (χ0) is 30.6. The summed E-state index contributed by atoms with van der Waals surface area (Å²) in [5, 5.41) is 15.9. The SMILES string of the molecule is N#Cc1c(-c2ccc3sc4ccccc4c3c2)cc(-c2ccc3sc4ccccc4c3c2)cc1-c1ccccc1-c1ccccc1. The molecule has 2 aromatic heterocycles. The van der Waals surface area contributed by atoms with Gasteiger partial charge in [0.1, 0.15) is 6.07 Å². The standard InChI is InChI=1S/C43H25NS2/c44-26-39-35(29-19-21-43-38(23-29)34-15-7-9-17-41(34)46-43)24-30(28-18-20-42-37(22-28)33-14-6-8-16-40(33)45-42)25-36(39)32-13-5-4-12-31(32)27-10-2-1-3-11-27/h1-25H. The molecule has 9 rings (SSSR count). The lowest BCUT2D eigenvalue weighted by atomic mass is 9.85. The van der Waals surface area contributed by atoms with Gasteiger partial charge >= 0.3 is 0 Å². The van der Waals surface area contributed by atoms with Crippen LogP contribution in [-0.4, -0.2) is 0 Å². The van der Waals surface area contributed by atoms with Crippen molar-refractivity contribution in [2.24, 2.45) is 0 Å². The Morgan fingerprint density at radius 3 is 1.54 bits per heavy atom. The molecule has 0 fully saturated rings. The summed E-state index contributed by atoms with van der Waals surface area (Å²) in [5.41, 5.74) is 9.17. The average Bonchev–Trinajstić information content (AvgIpc) is 3.69. The lowest BCUT2D eigenvalue weighted by Gasteiger charge is -2.17. The van der Waals surface area contributed by atoms with Crippen LogP contribution in [-0.2, 0) is 0 Å². The van der Waals surface area contributed by atoms with Gasteiger partial charge in [0.2, 0.25) is 0 Å². The molecule has 0 spiro atoms. The molecular formula is C43H25NS2. The molecule has 214 valence electrons. The van der Waals surface area contributed by atoms with Crippen LogP contribution >= 0.6 is 22.7 Å². The summed E-state index contributed by atoms with van der Waals surface area (Å²) in [6.45, 7) is 0. The number of hydrogen-bond donors (Lipinski definition) is 0. The maximum Gasteiger partial charge on any atom is 0.100 e. The van der Waals surface area contributed by atoms with Crippen LogP contribution in [0.3, 0.4) is 0 Å². The van der Waals surface area contributed by atoms with E-state index >= 15 is 0 Å². The molecule has 0 unspecified atom stereocenters. The van der Waals surface area contributed by atoms with Crippen LogP contribution in [0.5, 0.6) is 0 Å². The molecule has 9 aromatic rings. The number of fused-ring (bicyclic) bond motifs is 6. The fourth-order valence-electron chi connectivity index (χ4n) is 6.76. The lowest BCUT2D eigenvalue weighted by molar-refractivity contribution is 1.47. The highest BCUT2D eigenvalue weighted by Gasteiger charge is 2.19. The third-order valence-electron chi connectivity index (χ3n) is 8.95. The molecule has 2 heterocycles. The van der Waals surface area contributed by atoms with Crippen LogP contribution in [0.15, 0.2) is 152 Å². The van der Waals surface area contributed by atoms with E-state index in [2.05, 4.69) is 152 Å². The largest absolute Gasteiger partial charge is 0.192 e. The summed E-state index contributed by atoms with van der Waals surface area (Å²) in [6, 6.07) is 56.7. The molecule has 0 saturated carbocycles. The van der Waals surface area contributed by atoms with E-state index in [1.165, 1.54) is 40.3 Å². The Morgan fingerprint density at radius 2 is 0.870 bits per heavy atom. The van der Waals surface area contributed by atoms with E-state index in [1.807, 2.05) is 28.7 Å². The molecular weight excluding hydrogens is 595 g/mol. The van der Waals surface area contributed by atoms with Gasteiger partial charge in [0.25, 0.3) is 0 Å². The topological polar surface area (TPSA) is 23.8 Å². The normalized spacial score (nSPS) is 11.5. The molecule has 0 N–H and O–H groups in total. The second kappa shape index (κ2) is 10.8. The van der Waals surface area contributed by atoms with E-state index in [-0.39, 0.29) is 0 Å². The number of nitrogens with zero attached hydrogens (tertiary/aromatic N) is 1. The van der Waals surface area contributed by atoms with Gasteiger partial charge in [-0.15, -0.1) is 22.7 Å². The predicted molar refractivity (Wildman–Crippen MR) is 199 cm³/mol. The van der Waals surface area contributed by atoms with Gasteiger partial charge < -0.3 is 0 Å². The first kappa shape index (κ1) is 26.8. The number of thiophene rings is 2. The van der Waals surface area contributed by atoms with Crippen molar-refractivity contribution in [3.05, 3.63) is 157 Å². The third-order valence-corrected chi connectivity index (χ3v) is 11.3. The maximum atomic E-state index is 10.9. The molecule has 0 aliphatic carbocycles. The Labute approximate surface area is 274 Å². The first-order valence-corrected chi connectivity index (χ1v) is 16.9. The minimum atomic E-state index is 0.688. The Hall–Kier alpha value is -5.53.